The summed E-state index contributed by atoms with van der Waals surface area (Å²) >= 11 is 3.67. The van der Waals surface area contributed by atoms with E-state index in [-0.39, 0.29) is 0 Å². The molecule has 1 aromatic carbocycles. The van der Waals surface area contributed by atoms with E-state index >= 15 is 0 Å². The van der Waals surface area contributed by atoms with Crippen molar-refractivity contribution in [2.24, 2.45) is 0 Å². The minimum Gasteiger partial charge on any atom is -0.241 e. The molecular weight excluding hydrogens is 284 g/mol. The molecule has 2 nitrogen and oxygen atoms in total. The zero-order valence-electron chi connectivity index (χ0n) is 12.1. The molecule has 3 rings (SSSR count). The fourth-order valence-electron chi connectivity index (χ4n) is 2.31. The third-order valence-electron chi connectivity index (χ3n) is 3.47. The van der Waals surface area contributed by atoms with Crippen LogP contribution in [0.15, 0.2) is 12.1 Å². The second kappa shape index (κ2) is 6.19. The summed E-state index contributed by atoms with van der Waals surface area (Å²) in [5.41, 5.74) is 2.30. The molecule has 0 bridgehead atoms. The zero-order valence-corrected chi connectivity index (χ0v) is 13.7. The number of nitrogens with zero attached hydrogens (tertiary/aromatic N) is 2. The van der Waals surface area contributed by atoms with Crippen molar-refractivity contribution in [1.82, 2.24) is 9.97 Å². The number of aryl methyl sites for hydroxylation is 2. The van der Waals surface area contributed by atoms with Crippen molar-refractivity contribution in [2.45, 2.75) is 52.4 Å². The number of fused-ring (bicyclic) bond motifs is 2. The first-order chi connectivity index (χ1) is 9.80. The summed E-state index contributed by atoms with van der Waals surface area (Å²) in [6, 6.07) is 4.45. The van der Waals surface area contributed by atoms with Gasteiger partial charge in [0.05, 0.1) is 30.4 Å². The number of unbranched alkanes of at least 4 members (excludes halogenated alkanes) is 2. The van der Waals surface area contributed by atoms with Gasteiger partial charge in [0, 0.05) is 0 Å². The number of rotatable bonds is 6. The molecule has 0 aliphatic carbocycles. The molecule has 0 saturated heterocycles. The lowest BCUT2D eigenvalue weighted by molar-refractivity contribution is 0.791. The van der Waals surface area contributed by atoms with Crippen LogP contribution in [0.3, 0.4) is 0 Å². The van der Waals surface area contributed by atoms with Gasteiger partial charge in [-0.15, -0.1) is 22.7 Å². The van der Waals surface area contributed by atoms with Gasteiger partial charge in [-0.3, -0.25) is 0 Å². The zero-order chi connectivity index (χ0) is 13.9. The van der Waals surface area contributed by atoms with Gasteiger partial charge in [0.1, 0.15) is 0 Å². The van der Waals surface area contributed by atoms with Crippen LogP contribution in [0.2, 0.25) is 0 Å². The molecule has 0 unspecified atom stereocenters. The van der Waals surface area contributed by atoms with Crippen LogP contribution in [0, 0.1) is 0 Å². The van der Waals surface area contributed by atoms with Gasteiger partial charge in [-0.25, -0.2) is 9.97 Å². The van der Waals surface area contributed by atoms with E-state index in [4.69, 9.17) is 9.97 Å². The third kappa shape index (κ3) is 2.86. The Hall–Kier alpha value is -1.00. The van der Waals surface area contributed by atoms with Crippen LogP contribution in [0.1, 0.15) is 49.5 Å². The highest BCUT2D eigenvalue weighted by molar-refractivity contribution is 7.20. The molecule has 0 fully saturated rings. The van der Waals surface area contributed by atoms with Crippen molar-refractivity contribution in [3.05, 3.63) is 22.1 Å². The molecule has 2 aromatic heterocycles. The minimum atomic E-state index is 1.11. The SMILES string of the molecule is CCCCc1nc2cc3sc(CCCC)nc3cc2s1. The van der Waals surface area contributed by atoms with Crippen LogP contribution < -0.4 is 0 Å². The maximum atomic E-state index is 4.77. The molecule has 4 heteroatoms. The first kappa shape index (κ1) is 14.0. The van der Waals surface area contributed by atoms with Gasteiger partial charge in [-0.05, 0) is 37.8 Å². The van der Waals surface area contributed by atoms with E-state index in [0.29, 0.717) is 0 Å². The molecule has 0 saturated carbocycles. The largest absolute Gasteiger partial charge is 0.241 e. The molecule has 0 N–H and O–H groups in total. The summed E-state index contributed by atoms with van der Waals surface area (Å²) in [6.07, 6.45) is 7.14. The Morgan fingerprint density at radius 3 is 1.65 bits per heavy atom. The average Bonchev–Trinajstić information content (AvgIpc) is 3.01. The fraction of sp³-hybridized carbons (Fsp3) is 0.500. The van der Waals surface area contributed by atoms with E-state index in [1.165, 1.54) is 45.1 Å². The van der Waals surface area contributed by atoms with Crippen LogP contribution in [0.5, 0.6) is 0 Å². The van der Waals surface area contributed by atoms with Crippen LogP contribution >= 0.6 is 22.7 Å². The van der Waals surface area contributed by atoms with Crippen LogP contribution in [0.4, 0.5) is 0 Å². The molecule has 0 amide bonds. The lowest BCUT2D eigenvalue weighted by Gasteiger charge is -1.90. The molecule has 0 aliphatic heterocycles. The highest BCUT2D eigenvalue weighted by Gasteiger charge is 2.09. The fourth-order valence-corrected chi connectivity index (χ4v) is 4.36. The summed E-state index contributed by atoms with van der Waals surface area (Å²) in [4.78, 5) is 9.54. The Balaban J connectivity index is 1.93. The molecule has 0 spiro atoms. The molecule has 0 radical (unpaired) electrons. The van der Waals surface area contributed by atoms with Gasteiger partial charge in [-0.2, -0.15) is 0 Å². The van der Waals surface area contributed by atoms with Gasteiger partial charge in [-0.1, -0.05) is 26.7 Å². The van der Waals surface area contributed by atoms with Crippen molar-refractivity contribution in [1.29, 1.82) is 0 Å². The maximum Gasteiger partial charge on any atom is 0.0938 e. The smallest absolute Gasteiger partial charge is 0.0938 e. The normalized spacial score (nSPS) is 11.7. The van der Waals surface area contributed by atoms with Gasteiger partial charge in [0.25, 0.3) is 0 Å². The Morgan fingerprint density at radius 2 is 1.25 bits per heavy atom. The highest BCUT2D eigenvalue weighted by Crippen LogP contribution is 2.31. The number of hydrogen-bond donors (Lipinski definition) is 0. The van der Waals surface area contributed by atoms with E-state index in [9.17, 15) is 0 Å². The van der Waals surface area contributed by atoms with E-state index in [1.54, 1.807) is 0 Å². The second-order valence-electron chi connectivity index (χ2n) is 5.21. The molecular formula is C16H20N2S2. The average molecular weight is 304 g/mol. The van der Waals surface area contributed by atoms with Crippen LogP contribution in [0.25, 0.3) is 20.4 Å². The Labute approximate surface area is 127 Å². The molecule has 20 heavy (non-hydrogen) atoms. The number of aromatic nitrogens is 2. The van der Waals surface area contributed by atoms with E-state index < -0.39 is 0 Å². The van der Waals surface area contributed by atoms with Crippen molar-refractivity contribution in [3.8, 4) is 0 Å². The van der Waals surface area contributed by atoms with E-state index in [1.807, 2.05) is 22.7 Å². The first-order valence-electron chi connectivity index (χ1n) is 7.49. The molecule has 0 aliphatic rings. The second-order valence-corrected chi connectivity index (χ2v) is 7.44. The molecule has 106 valence electrons. The number of thiazole rings is 2. The van der Waals surface area contributed by atoms with Crippen molar-refractivity contribution in [2.75, 3.05) is 0 Å². The van der Waals surface area contributed by atoms with Gasteiger partial charge in [0.2, 0.25) is 0 Å². The van der Waals surface area contributed by atoms with Crippen molar-refractivity contribution >= 4 is 43.1 Å². The summed E-state index contributed by atoms with van der Waals surface area (Å²) in [6.45, 7) is 4.45. The van der Waals surface area contributed by atoms with Gasteiger partial charge >= 0.3 is 0 Å². The number of hydrogen-bond acceptors (Lipinski definition) is 4. The number of benzene rings is 1. The topological polar surface area (TPSA) is 25.8 Å². The Kier molecular flexibility index (Phi) is 4.32. The van der Waals surface area contributed by atoms with E-state index in [2.05, 4.69) is 26.0 Å². The summed E-state index contributed by atoms with van der Waals surface area (Å²) in [7, 11) is 0. The third-order valence-corrected chi connectivity index (χ3v) is 5.63. The standard InChI is InChI=1S/C16H20N2S2/c1-3-5-7-15-17-11-9-14-12(10-13(11)19-15)18-16(20-14)8-6-4-2/h9-10H,3-8H2,1-2H3. The van der Waals surface area contributed by atoms with E-state index in [0.717, 1.165) is 23.9 Å². The first-order valence-corrected chi connectivity index (χ1v) is 9.12. The maximum absolute atomic E-state index is 4.77. The van der Waals surface area contributed by atoms with Crippen LogP contribution in [-0.2, 0) is 12.8 Å². The molecule has 0 atom stereocenters. The summed E-state index contributed by atoms with van der Waals surface area (Å²) < 4.78 is 2.58. The monoisotopic (exact) mass is 304 g/mol. The quantitative estimate of drug-likeness (QED) is 0.593. The summed E-state index contributed by atoms with van der Waals surface area (Å²) in [5, 5.41) is 2.54. The lowest BCUT2D eigenvalue weighted by Crippen LogP contribution is -1.81. The molecule has 2 heterocycles. The lowest BCUT2D eigenvalue weighted by atomic mass is 10.2. The van der Waals surface area contributed by atoms with Gasteiger partial charge < -0.3 is 0 Å². The predicted octanol–water partition coefficient (Wildman–Crippen LogP) is 5.59. The molecule has 3 aromatic rings. The van der Waals surface area contributed by atoms with Crippen molar-refractivity contribution in [3.63, 3.8) is 0 Å². The van der Waals surface area contributed by atoms with Gasteiger partial charge in [0.15, 0.2) is 0 Å². The minimum absolute atomic E-state index is 1.11. The summed E-state index contributed by atoms with van der Waals surface area (Å²) in [5.74, 6) is 0. The van der Waals surface area contributed by atoms with Crippen molar-refractivity contribution < 1.29 is 0 Å². The Morgan fingerprint density at radius 1 is 0.800 bits per heavy atom. The highest BCUT2D eigenvalue weighted by atomic mass is 32.1. The van der Waals surface area contributed by atoms with Crippen LogP contribution in [-0.4, -0.2) is 9.97 Å². The Bertz CT molecular complexity index is 603. The predicted molar refractivity (Wildman–Crippen MR) is 90.0 cm³/mol.